The third-order valence-corrected chi connectivity index (χ3v) is 3.53. The molecule has 1 aliphatic carbocycles. The van der Waals surface area contributed by atoms with Gasteiger partial charge in [-0.3, -0.25) is 9.48 Å². The molecule has 1 aromatic rings. The van der Waals surface area contributed by atoms with Crippen molar-refractivity contribution in [2.24, 2.45) is 0 Å². The standard InChI is InChI=1S/C13H21N3O2/c17-12(5-10-16-9-4-8-15-16)14-11-13(18)6-2-1-3-7-13/h4,8-9,18H,1-3,5-7,10-11H2,(H,14,17). The van der Waals surface area contributed by atoms with Crippen LogP contribution in [0.15, 0.2) is 18.5 Å². The van der Waals surface area contributed by atoms with E-state index in [4.69, 9.17) is 0 Å². The molecule has 0 saturated heterocycles. The van der Waals surface area contributed by atoms with Gasteiger partial charge in [0, 0.05) is 31.9 Å². The smallest absolute Gasteiger partial charge is 0.221 e. The first-order valence-corrected chi connectivity index (χ1v) is 6.64. The van der Waals surface area contributed by atoms with Crippen LogP contribution in [0.3, 0.4) is 0 Å². The molecule has 1 fully saturated rings. The van der Waals surface area contributed by atoms with Crippen molar-refractivity contribution in [3.63, 3.8) is 0 Å². The second-order valence-electron chi connectivity index (χ2n) is 5.08. The Bertz CT molecular complexity index is 370. The fraction of sp³-hybridized carbons (Fsp3) is 0.692. The summed E-state index contributed by atoms with van der Waals surface area (Å²) in [6, 6.07) is 1.84. The first kappa shape index (κ1) is 13.1. The van der Waals surface area contributed by atoms with Gasteiger partial charge < -0.3 is 10.4 Å². The van der Waals surface area contributed by atoms with Crippen LogP contribution in [0.2, 0.25) is 0 Å². The summed E-state index contributed by atoms with van der Waals surface area (Å²) in [5, 5.41) is 17.1. The number of hydrogen-bond acceptors (Lipinski definition) is 3. The van der Waals surface area contributed by atoms with Crippen LogP contribution >= 0.6 is 0 Å². The number of rotatable bonds is 5. The summed E-state index contributed by atoms with van der Waals surface area (Å²) in [5.74, 6) is -0.0236. The van der Waals surface area contributed by atoms with E-state index in [2.05, 4.69) is 10.4 Å². The molecule has 2 rings (SSSR count). The van der Waals surface area contributed by atoms with Gasteiger partial charge in [0.25, 0.3) is 0 Å². The molecule has 100 valence electrons. The molecule has 0 spiro atoms. The van der Waals surface area contributed by atoms with Gasteiger partial charge in [0.1, 0.15) is 0 Å². The third-order valence-electron chi connectivity index (χ3n) is 3.53. The summed E-state index contributed by atoms with van der Waals surface area (Å²) in [5.41, 5.74) is -0.681. The van der Waals surface area contributed by atoms with E-state index in [-0.39, 0.29) is 5.91 Å². The van der Waals surface area contributed by atoms with Crippen molar-refractivity contribution in [3.05, 3.63) is 18.5 Å². The van der Waals surface area contributed by atoms with Gasteiger partial charge in [-0.05, 0) is 18.9 Å². The predicted molar refractivity (Wildman–Crippen MR) is 67.9 cm³/mol. The predicted octanol–water partition coefficient (Wildman–Crippen LogP) is 1.08. The van der Waals surface area contributed by atoms with Crippen LogP contribution in [0, 0.1) is 0 Å². The highest BCUT2D eigenvalue weighted by Crippen LogP contribution is 2.27. The fourth-order valence-corrected chi connectivity index (χ4v) is 2.39. The summed E-state index contributed by atoms with van der Waals surface area (Å²) in [6.07, 6.45) is 8.83. The number of aliphatic hydroxyl groups is 1. The van der Waals surface area contributed by atoms with E-state index in [1.165, 1.54) is 6.42 Å². The normalized spacial score (nSPS) is 18.5. The molecule has 0 aliphatic heterocycles. The van der Waals surface area contributed by atoms with Crippen LogP contribution in [0.25, 0.3) is 0 Å². The van der Waals surface area contributed by atoms with Crippen molar-refractivity contribution >= 4 is 5.91 Å². The molecule has 2 N–H and O–H groups in total. The van der Waals surface area contributed by atoms with Crippen LogP contribution in [0.1, 0.15) is 38.5 Å². The molecule has 0 bridgehead atoms. The molecule has 0 atom stereocenters. The SMILES string of the molecule is O=C(CCn1cccn1)NCC1(O)CCCCC1. The number of aromatic nitrogens is 2. The maximum atomic E-state index is 11.7. The highest BCUT2D eigenvalue weighted by atomic mass is 16.3. The van der Waals surface area contributed by atoms with Crippen LogP contribution in [0.4, 0.5) is 0 Å². The Kier molecular flexibility index (Phi) is 4.36. The first-order valence-electron chi connectivity index (χ1n) is 6.64. The molecule has 1 amide bonds. The van der Waals surface area contributed by atoms with Crippen molar-refractivity contribution in [1.82, 2.24) is 15.1 Å². The number of nitrogens with one attached hydrogen (secondary N) is 1. The minimum Gasteiger partial charge on any atom is -0.388 e. The molecular weight excluding hydrogens is 230 g/mol. The second kappa shape index (κ2) is 6.00. The second-order valence-corrected chi connectivity index (χ2v) is 5.08. The van der Waals surface area contributed by atoms with Crippen LogP contribution in [-0.4, -0.2) is 32.9 Å². The molecule has 1 aliphatic rings. The molecule has 0 radical (unpaired) electrons. The molecule has 5 nitrogen and oxygen atoms in total. The molecule has 18 heavy (non-hydrogen) atoms. The lowest BCUT2D eigenvalue weighted by Crippen LogP contribution is -2.44. The average Bonchev–Trinajstić information content (AvgIpc) is 2.88. The van der Waals surface area contributed by atoms with Gasteiger partial charge in [-0.1, -0.05) is 19.3 Å². The third kappa shape index (κ3) is 3.84. The molecule has 1 saturated carbocycles. The zero-order chi connectivity index (χ0) is 12.8. The maximum absolute atomic E-state index is 11.7. The summed E-state index contributed by atoms with van der Waals surface area (Å²) in [7, 11) is 0. The van der Waals surface area contributed by atoms with Crippen LogP contribution < -0.4 is 5.32 Å². The fourth-order valence-electron chi connectivity index (χ4n) is 2.39. The molecule has 0 unspecified atom stereocenters. The summed E-state index contributed by atoms with van der Waals surface area (Å²) >= 11 is 0. The Morgan fingerprint density at radius 2 is 2.17 bits per heavy atom. The van der Waals surface area contributed by atoms with E-state index in [0.717, 1.165) is 25.7 Å². The highest BCUT2D eigenvalue weighted by Gasteiger charge is 2.29. The van der Waals surface area contributed by atoms with Gasteiger partial charge in [0.05, 0.1) is 5.60 Å². The Balaban J connectivity index is 1.68. The van der Waals surface area contributed by atoms with Gasteiger partial charge in [0.15, 0.2) is 0 Å². The molecule has 5 heteroatoms. The quantitative estimate of drug-likeness (QED) is 0.823. The first-order chi connectivity index (χ1) is 8.68. The number of aryl methyl sites for hydroxylation is 1. The van der Waals surface area contributed by atoms with E-state index in [0.29, 0.717) is 19.5 Å². The minimum atomic E-state index is -0.681. The van der Waals surface area contributed by atoms with E-state index in [1.807, 2.05) is 12.3 Å². The lowest BCUT2D eigenvalue weighted by molar-refractivity contribution is -0.123. The molecule has 1 aromatic heterocycles. The van der Waals surface area contributed by atoms with Gasteiger partial charge in [-0.25, -0.2) is 0 Å². The molecule has 1 heterocycles. The molecular formula is C13H21N3O2. The van der Waals surface area contributed by atoms with Gasteiger partial charge in [-0.15, -0.1) is 0 Å². The number of amides is 1. The average molecular weight is 251 g/mol. The number of carbonyl (C=O) groups is 1. The Morgan fingerprint density at radius 1 is 1.39 bits per heavy atom. The van der Waals surface area contributed by atoms with Crippen LogP contribution in [0.5, 0.6) is 0 Å². The zero-order valence-corrected chi connectivity index (χ0v) is 10.6. The van der Waals surface area contributed by atoms with E-state index >= 15 is 0 Å². The minimum absolute atomic E-state index is 0.0236. The van der Waals surface area contributed by atoms with Crippen molar-refractivity contribution < 1.29 is 9.90 Å². The topological polar surface area (TPSA) is 67.2 Å². The summed E-state index contributed by atoms with van der Waals surface area (Å²) in [6.45, 7) is 0.961. The lowest BCUT2D eigenvalue weighted by atomic mass is 9.85. The zero-order valence-electron chi connectivity index (χ0n) is 10.6. The highest BCUT2D eigenvalue weighted by molar-refractivity contribution is 5.75. The summed E-state index contributed by atoms with van der Waals surface area (Å²) < 4.78 is 1.73. The Hall–Kier alpha value is -1.36. The maximum Gasteiger partial charge on any atom is 0.221 e. The number of carbonyl (C=O) groups excluding carboxylic acids is 1. The molecule has 0 aromatic carbocycles. The van der Waals surface area contributed by atoms with Gasteiger partial charge >= 0.3 is 0 Å². The van der Waals surface area contributed by atoms with Gasteiger partial charge in [0.2, 0.25) is 5.91 Å². The largest absolute Gasteiger partial charge is 0.388 e. The van der Waals surface area contributed by atoms with Gasteiger partial charge in [-0.2, -0.15) is 5.10 Å². The van der Waals surface area contributed by atoms with Crippen molar-refractivity contribution in [3.8, 4) is 0 Å². The van der Waals surface area contributed by atoms with E-state index in [1.54, 1.807) is 10.9 Å². The van der Waals surface area contributed by atoms with Crippen molar-refractivity contribution in [1.29, 1.82) is 0 Å². The van der Waals surface area contributed by atoms with Crippen molar-refractivity contribution in [2.45, 2.75) is 50.7 Å². The number of nitrogens with zero attached hydrogens (tertiary/aromatic N) is 2. The van der Waals surface area contributed by atoms with Crippen LogP contribution in [-0.2, 0) is 11.3 Å². The number of hydrogen-bond donors (Lipinski definition) is 2. The van der Waals surface area contributed by atoms with Crippen molar-refractivity contribution in [2.75, 3.05) is 6.54 Å². The monoisotopic (exact) mass is 251 g/mol. The Morgan fingerprint density at radius 3 is 2.83 bits per heavy atom. The Labute approximate surface area is 107 Å². The van der Waals surface area contributed by atoms with E-state index in [9.17, 15) is 9.90 Å². The summed E-state index contributed by atoms with van der Waals surface area (Å²) in [4.78, 5) is 11.7. The van der Waals surface area contributed by atoms with E-state index < -0.39 is 5.60 Å². The lowest BCUT2D eigenvalue weighted by Gasteiger charge is -2.32.